The van der Waals surface area contributed by atoms with E-state index >= 15 is 0 Å². The molecule has 2 heteroatoms. The summed E-state index contributed by atoms with van der Waals surface area (Å²) in [6.45, 7) is 4.76. The lowest BCUT2D eigenvalue weighted by atomic mass is 9.81. The minimum absolute atomic E-state index is 0.132. The highest BCUT2D eigenvalue weighted by molar-refractivity contribution is 6.10. The molecule has 1 atom stereocenters. The fraction of sp³-hybridized carbons (Fsp3) is 0.102. The van der Waals surface area contributed by atoms with Crippen molar-refractivity contribution in [2.24, 2.45) is 0 Å². The Balaban J connectivity index is 1.16. The largest absolute Gasteiger partial charge is 0.333 e. The molecule has 0 saturated heterocycles. The average Bonchev–Trinajstić information content (AvgIpc) is 3.62. The van der Waals surface area contributed by atoms with Gasteiger partial charge in [0.15, 0.2) is 0 Å². The van der Waals surface area contributed by atoms with E-state index in [4.69, 9.17) is 0 Å². The number of fused-ring (bicyclic) bond motifs is 7. The molecular formula is C49H38N2. The summed E-state index contributed by atoms with van der Waals surface area (Å²) in [5.41, 5.74) is 13.7. The van der Waals surface area contributed by atoms with Crippen LogP contribution in [0.2, 0.25) is 0 Å². The van der Waals surface area contributed by atoms with Gasteiger partial charge in [0.25, 0.3) is 0 Å². The molecule has 0 fully saturated rings. The molecule has 2 aliphatic rings. The monoisotopic (exact) mass is 654 g/mol. The Labute approximate surface area is 299 Å². The van der Waals surface area contributed by atoms with Crippen molar-refractivity contribution in [3.8, 4) is 22.3 Å². The first kappa shape index (κ1) is 29.8. The van der Waals surface area contributed by atoms with Gasteiger partial charge in [0.2, 0.25) is 0 Å². The number of rotatable bonds is 5. The topological polar surface area (TPSA) is 8.17 Å². The Morgan fingerprint density at radius 3 is 1.98 bits per heavy atom. The molecule has 1 heterocycles. The highest BCUT2D eigenvalue weighted by atomic mass is 15.1. The van der Waals surface area contributed by atoms with Crippen LogP contribution in [0.3, 0.4) is 0 Å². The maximum atomic E-state index is 2.52. The summed E-state index contributed by atoms with van der Waals surface area (Å²) in [5, 5.41) is 5.15. The molecule has 2 nitrogen and oxygen atoms in total. The van der Waals surface area contributed by atoms with E-state index in [1.807, 2.05) is 0 Å². The second kappa shape index (κ2) is 11.5. The van der Waals surface area contributed by atoms with E-state index in [1.54, 1.807) is 0 Å². The third kappa shape index (κ3) is 4.71. The summed E-state index contributed by atoms with van der Waals surface area (Å²) in [4.78, 5) is 2.44. The summed E-state index contributed by atoms with van der Waals surface area (Å²) in [5.74, 6) is 0. The fourth-order valence-electron chi connectivity index (χ4n) is 8.68. The maximum Gasteiger partial charge on any atom is 0.0560 e. The van der Waals surface area contributed by atoms with Crippen LogP contribution in [0.5, 0.6) is 0 Å². The second-order valence-electron chi connectivity index (χ2n) is 14.6. The minimum Gasteiger partial charge on any atom is -0.333 e. The normalized spacial score (nSPS) is 15.8. The number of aromatic nitrogens is 1. The van der Waals surface area contributed by atoms with Crippen molar-refractivity contribution < 1.29 is 0 Å². The molecule has 51 heavy (non-hydrogen) atoms. The smallest absolute Gasteiger partial charge is 0.0560 e. The molecule has 0 spiro atoms. The lowest BCUT2D eigenvalue weighted by molar-refractivity contribution is 0.648. The predicted molar refractivity (Wildman–Crippen MR) is 217 cm³/mol. The Bertz CT molecular complexity index is 2690. The highest BCUT2D eigenvalue weighted by Crippen LogP contribution is 2.52. The Morgan fingerprint density at radius 2 is 1.18 bits per heavy atom. The van der Waals surface area contributed by atoms with Gasteiger partial charge in [-0.3, -0.25) is 0 Å². The molecule has 0 radical (unpaired) electrons. The van der Waals surface area contributed by atoms with Gasteiger partial charge >= 0.3 is 0 Å². The van der Waals surface area contributed by atoms with E-state index in [0.29, 0.717) is 6.04 Å². The van der Waals surface area contributed by atoms with E-state index in [0.717, 1.165) is 23.5 Å². The third-order valence-corrected chi connectivity index (χ3v) is 11.3. The number of allylic oxidation sites excluding steroid dienone is 4. The molecule has 0 aliphatic heterocycles. The summed E-state index contributed by atoms with van der Waals surface area (Å²) in [7, 11) is 0. The van der Waals surface area contributed by atoms with Crippen LogP contribution in [0.1, 0.15) is 37.4 Å². The number of nitrogens with zero attached hydrogens (tertiary/aromatic N) is 2. The van der Waals surface area contributed by atoms with E-state index in [9.17, 15) is 0 Å². The van der Waals surface area contributed by atoms with Crippen LogP contribution in [0.4, 0.5) is 17.1 Å². The van der Waals surface area contributed by atoms with Gasteiger partial charge in [-0.15, -0.1) is 0 Å². The van der Waals surface area contributed by atoms with Gasteiger partial charge in [-0.1, -0.05) is 129 Å². The van der Waals surface area contributed by atoms with Crippen molar-refractivity contribution in [1.29, 1.82) is 0 Å². The highest BCUT2D eigenvalue weighted by Gasteiger charge is 2.36. The molecule has 1 aromatic heterocycles. The van der Waals surface area contributed by atoms with Crippen molar-refractivity contribution in [3.63, 3.8) is 0 Å². The van der Waals surface area contributed by atoms with Crippen LogP contribution in [-0.2, 0) is 5.41 Å². The predicted octanol–water partition coefficient (Wildman–Crippen LogP) is 13.4. The number of benzene rings is 7. The SMILES string of the molecule is CC1(C)c2cc(N(c3ccc(-c4ccccc4)cc3)c3ccc4c(c3)c3ccccc3n4C3C=CC=CC3)ccc2-c2cc3ccccc3cc21. The summed E-state index contributed by atoms with van der Waals surface area (Å²) >= 11 is 0. The van der Waals surface area contributed by atoms with Crippen LogP contribution in [0.25, 0.3) is 54.8 Å². The first-order chi connectivity index (χ1) is 25.0. The lowest BCUT2D eigenvalue weighted by Crippen LogP contribution is -2.16. The molecule has 10 rings (SSSR count). The fourth-order valence-corrected chi connectivity index (χ4v) is 8.68. The number of hydrogen-bond donors (Lipinski definition) is 0. The average molecular weight is 655 g/mol. The van der Waals surface area contributed by atoms with Gasteiger partial charge in [0.1, 0.15) is 0 Å². The summed E-state index contributed by atoms with van der Waals surface area (Å²) < 4.78 is 2.52. The summed E-state index contributed by atoms with van der Waals surface area (Å²) in [6, 6.07) is 56.5. The van der Waals surface area contributed by atoms with Gasteiger partial charge in [-0.05, 0) is 111 Å². The number of hydrogen-bond acceptors (Lipinski definition) is 1. The quantitative estimate of drug-likeness (QED) is 0.179. The Hall–Kier alpha value is -6.12. The van der Waals surface area contributed by atoms with Crippen LogP contribution >= 0.6 is 0 Å². The Kier molecular flexibility index (Phi) is 6.69. The van der Waals surface area contributed by atoms with E-state index in [-0.39, 0.29) is 5.41 Å². The van der Waals surface area contributed by atoms with Gasteiger partial charge in [-0.25, -0.2) is 0 Å². The van der Waals surface area contributed by atoms with E-state index in [1.165, 1.54) is 66.0 Å². The van der Waals surface area contributed by atoms with Gasteiger partial charge in [0, 0.05) is 44.3 Å². The zero-order chi connectivity index (χ0) is 34.1. The number of anilines is 3. The molecule has 1 unspecified atom stereocenters. The molecule has 8 aromatic rings. The molecule has 2 aliphatic carbocycles. The molecule has 0 bridgehead atoms. The molecular weight excluding hydrogens is 617 g/mol. The van der Waals surface area contributed by atoms with Gasteiger partial charge in [0.05, 0.1) is 6.04 Å². The molecule has 0 saturated carbocycles. The molecule has 7 aromatic carbocycles. The van der Waals surface area contributed by atoms with Crippen molar-refractivity contribution in [2.45, 2.75) is 31.7 Å². The van der Waals surface area contributed by atoms with E-state index in [2.05, 4.69) is 199 Å². The number of para-hydroxylation sites is 1. The zero-order valence-corrected chi connectivity index (χ0v) is 28.9. The standard InChI is InChI=1S/C49H38N2/c1-49(2)45-30-36-16-10-9-15-35(36)29-43(45)41-27-25-40(32-46(41)49)50(38-23-21-34(22-24-38)33-13-5-3-6-14-33)39-26-28-48-44(31-39)42-19-11-12-20-47(42)51(48)37-17-7-4-8-18-37/h3-17,19-32,37H,18H2,1-2H3. The van der Waals surface area contributed by atoms with Crippen LogP contribution in [0.15, 0.2) is 176 Å². The summed E-state index contributed by atoms with van der Waals surface area (Å²) in [6.07, 6.45) is 9.93. The van der Waals surface area contributed by atoms with Crippen LogP contribution in [-0.4, -0.2) is 4.57 Å². The molecule has 244 valence electrons. The first-order valence-electron chi connectivity index (χ1n) is 18.0. The van der Waals surface area contributed by atoms with Crippen molar-refractivity contribution in [1.82, 2.24) is 4.57 Å². The zero-order valence-electron chi connectivity index (χ0n) is 28.9. The van der Waals surface area contributed by atoms with Crippen molar-refractivity contribution in [3.05, 3.63) is 187 Å². The second-order valence-corrected chi connectivity index (χ2v) is 14.6. The maximum absolute atomic E-state index is 2.52. The van der Waals surface area contributed by atoms with Crippen molar-refractivity contribution >= 4 is 49.6 Å². The molecule has 0 amide bonds. The Morgan fingerprint density at radius 1 is 0.529 bits per heavy atom. The first-order valence-corrected chi connectivity index (χ1v) is 18.0. The van der Waals surface area contributed by atoms with Gasteiger partial charge < -0.3 is 9.47 Å². The third-order valence-electron chi connectivity index (χ3n) is 11.3. The van der Waals surface area contributed by atoms with E-state index < -0.39 is 0 Å². The van der Waals surface area contributed by atoms with Crippen LogP contribution < -0.4 is 4.90 Å². The van der Waals surface area contributed by atoms with Crippen molar-refractivity contribution in [2.75, 3.05) is 4.90 Å². The van der Waals surface area contributed by atoms with Crippen LogP contribution in [0, 0.1) is 0 Å². The minimum atomic E-state index is -0.132. The lowest BCUT2D eigenvalue weighted by Gasteiger charge is -2.28. The molecule has 0 N–H and O–H groups in total. The van der Waals surface area contributed by atoms with Gasteiger partial charge in [-0.2, -0.15) is 0 Å².